The number of carbonyl (C=O) groups is 2. The predicted octanol–water partition coefficient (Wildman–Crippen LogP) is 3.93. The number of ether oxygens (including phenoxy) is 2. The number of carbonyl (C=O) groups excluding carboxylic acids is 2. The Labute approximate surface area is 243 Å². The van der Waals surface area contributed by atoms with E-state index in [-0.39, 0.29) is 27.8 Å². The van der Waals surface area contributed by atoms with Crippen molar-refractivity contribution in [3.63, 3.8) is 0 Å². The van der Waals surface area contributed by atoms with E-state index < -0.39 is 46.8 Å². The predicted molar refractivity (Wildman–Crippen MR) is 141 cm³/mol. The van der Waals surface area contributed by atoms with E-state index >= 15 is 0 Å². The molecule has 0 bridgehead atoms. The third-order valence-corrected chi connectivity index (χ3v) is 7.00. The number of sulfonamides is 1. The first-order chi connectivity index (χ1) is 20.1. The number of rotatable bonds is 11. The van der Waals surface area contributed by atoms with E-state index in [1.165, 1.54) is 26.0 Å². The van der Waals surface area contributed by atoms with Crippen LogP contribution in [0.1, 0.15) is 25.1 Å². The van der Waals surface area contributed by atoms with Crippen LogP contribution in [0.4, 0.5) is 18.0 Å². The maximum atomic E-state index is 13.5. The molecule has 0 aliphatic rings. The van der Waals surface area contributed by atoms with Gasteiger partial charge >= 0.3 is 12.3 Å². The number of hydrogen-bond acceptors (Lipinski definition) is 10. The minimum Gasteiger partial charge on any atom is -0.569 e. The molecule has 0 spiro atoms. The molecule has 0 aliphatic carbocycles. The van der Waals surface area contributed by atoms with E-state index in [4.69, 9.17) is 0 Å². The molecule has 1 heterocycles. The molecule has 0 radical (unpaired) electrons. The lowest BCUT2D eigenvalue weighted by atomic mass is 10.1. The zero-order valence-corrected chi connectivity index (χ0v) is 24.0. The molecule has 0 aliphatic heterocycles. The summed E-state index contributed by atoms with van der Waals surface area (Å²) in [6, 6.07) is 12.2. The molecule has 1 amide bonds. The molecule has 0 fully saturated rings. The Hall–Kier alpha value is -4.87. The van der Waals surface area contributed by atoms with Crippen molar-refractivity contribution in [1.29, 1.82) is 0 Å². The summed E-state index contributed by atoms with van der Waals surface area (Å²) in [6.45, 7) is 3.67. The number of likely N-dealkylation sites (N-methyl/N-ethyl adjacent to an activating group) is 1. The van der Waals surface area contributed by atoms with Crippen LogP contribution in [0, 0.1) is 12.1 Å². The van der Waals surface area contributed by atoms with Gasteiger partial charge in [-0.25, -0.2) is 22.6 Å². The van der Waals surface area contributed by atoms with Crippen molar-refractivity contribution in [2.45, 2.75) is 38.1 Å². The zero-order chi connectivity index (χ0) is 31.9. The summed E-state index contributed by atoms with van der Waals surface area (Å²) in [5.41, 5.74) is 0.465. The van der Waals surface area contributed by atoms with Crippen LogP contribution in [0.25, 0.3) is 16.9 Å². The molecule has 1 N–H and O–H groups in total. The van der Waals surface area contributed by atoms with Crippen molar-refractivity contribution in [1.82, 2.24) is 19.5 Å². The minimum atomic E-state index is -4.72. The fourth-order valence-electron chi connectivity index (χ4n) is 3.48. The Morgan fingerprint density at radius 3 is 2.35 bits per heavy atom. The van der Waals surface area contributed by atoms with Gasteiger partial charge in [-0.05, 0) is 44.2 Å². The normalized spacial score (nSPS) is 12.8. The first-order valence-corrected chi connectivity index (χ1v) is 13.9. The Morgan fingerprint density at radius 1 is 1.16 bits per heavy atom. The van der Waals surface area contributed by atoms with Crippen molar-refractivity contribution in [2.24, 2.45) is 5.28 Å². The lowest BCUT2D eigenvalue weighted by Gasteiger charge is -2.16. The standard InChI is InChI=1S/C25H27F3N6O8S/c1-5-32(34(37)31-42-17(3)41-24(36)40-4)15-23(35)30-43(38,39)20-12-10-19(11-13-20)33-21(14-22(29-33)25(26,27)28)18-8-6-16(2)7-9-18/h6-14,17H,5,15H2,1-4H3,(H,30,35)/b34-31-. The summed E-state index contributed by atoms with van der Waals surface area (Å²) in [5.74, 6) is -1.11. The summed E-state index contributed by atoms with van der Waals surface area (Å²) in [7, 11) is -3.40. The first-order valence-electron chi connectivity index (χ1n) is 12.4. The van der Waals surface area contributed by atoms with Crippen LogP contribution in [0.5, 0.6) is 0 Å². The fourth-order valence-corrected chi connectivity index (χ4v) is 4.45. The number of nitrogens with zero attached hydrogens (tertiary/aromatic N) is 5. The second-order valence-corrected chi connectivity index (χ2v) is 10.5. The molecule has 0 saturated carbocycles. The van der Waals surface area contributed by atoms with Gasteiger partial charge in [0.2, 0.25) is 5.28 Å². The summed E-state index contributed by atoms with van der Waals surface area (Å²) >= 11 is 0. The largest absolute Gasteiger partial charge is 0.569 e. The van der Waals surface area contributed by atoms with E-state index in [0.29, 0.717) is 5.56 Å². The third kappa shape index (κ3) is 8.57. The van der Waals surface area contributed by atoms with E-state index in [2.05, 4.69) is 24.7 Å². The maximum Gasteiger partial charge on any atom is 0.511 e. The molecule has 1 aromatic heterocycles. The Bertz CT molecular complexity index is 1580. The average Bonchev–Trinajstić information content (AvgIpc) is 3.41. The molecule has 3 aromatic rings. The van der Waals surface area contributed by atoms with Gasteiger partial charge in [0.25, 0.3) is 22.2 Å². The van der Waals surface area contributed by atoms with E-state index in [1.807, 2.05) is 6.92 Å². The molecule has 3 rings (SSSR count). The Morgan fingerprint density at radius 2 is 1.79 bits per heavy atom. The maximum absolute atomic E-state index is 13.5. The molecule has 0 saturated heterocycles. The first kappa shape index (κ1) is 32.6. The number of methoxy groups -OCH3 is 1. The average molecular weight is 629 g/mol. The van der Waals surface area contributed by atoms with Gasteiger partial charge in [0, 0.05) is 12.5 Å². The van der Waals surface area contributed by atoms with Crippen LogP contribution in [-0.4, -0.2) is 66.7 Å². The summed E-state index contributed by atoms with van der Waals surface area (Å²) in [6.07, 6.45) is -7.12. The summed E-state index contributed by atoms with van der Waals surface area (Å²) in [4.78, 5) is 27.7. The number of amides is 1. The number of halogens is 3. The summed E-state index contributed by atoms with van der Waals surface area (Å²) in [5, 5.41) is 19.7. The summed E-state index contributed by atoms with van der Waals surface area (Å²) < 4.78 is 77.7. The highest BCUT2D eigenvalue weighted by Crippen LogP contribution is 2.33. The second-order valence-electron chi connectivity index (χ2n) is 8.77. The number of benzene rings is 2. The highest BCUT2D eigenvalue weighted by Gasteiger charge is 2.35. The SMILES string of the molecule is CCN(CC(=O)NS(=O)(=O)c1ccc(-n2nc(C(F)(F)F)cc2-c2ccc(C)cc2)cc1)/[N+]([O-])=N/OC(C)OC(=O)OC. The second kappa shape index (κ2) is 13.4. The molecular formula is C25H27F3N6O8S. The van der Waals surface area contributed by atoms with Crippen LogP contribution < -0.4 is 4.72 Å². The monoisotopic (exact) mass is 628 g/mol. The molecule has 43 heavy (non-hydrogen) atoms. The number of hydrazine groups is 1. The van der Waals surface area contributed by atoms with Crippen molar-refractivity contribution < 1.29 is 50.5 Å². The molecule has 2 aromatic carbocycles. The number of alkyl halides is 3. The van der Waals surface area contributed by atoms with E-state index in [9.17, 15) is 36.4 Å². The van der Waals surface area contributed by atoms with E-state index in [1.54, 1.807) is 29.0 Å². The van der Waals surface area contributed by atoms with Crippen LogP contribution in [-0.2, 0) is 35.3 Å². The number of aromatic nitrogens is 2. The van der Waals surface area contributed by atoms with Crippen molar-refractivity contribution in [3.8, 4) is 16.9 Å². The van der Waals surface area contributed by atoms with Gasteiger partial charge in [0.05, 0.1) is 34.9 Å². The zero-order valence-electron chi connectivity index (χ0n) is 23.2. The van der Waals surface area contributed by atoms with Crippen molar-refractivity contribution in [2.75, 3.05) is 20.2 Å². The fraction of sp³-hybridized carbons (Fsp3) is 0.320. The van der Waals surface area contributed by atoms with Crippen LogP contribution in [0.15, 0.2) is 64.8 Å². The minimum absolute atomic E-state index is 0.0993. The molecular weight excluding hydrogens is 601 g/mol. The molecule has 18 heteroatoms. The van der Waals surface area contributed by atoms with Gasteiger partial charge in [-0.15, -0.1) is 5.01 Å². The quantitative estimate of drug-likeness (QED) is 0.108. The lowest BCUT2D eigenvalue weighted by Crippen LogP contribution is -2.42. The van der Waals surface area contributed by atoms with Crippen molar-refractivity contribution in [3.05, 3.63) is 71.1 Å². The van der Waals surface area contributed by atoms with Crippen LogP contribution in [0.2, 0.25) is 0 Å². The van der Waals surface area contributed by atoms with E-state index in [0.717, 1.165) is 40.6 Å². The Balaban J connectivity index is 1.76. The number of nitrogens with one attached hydrogen (secondary N) is 1. The third-order valence-electron chi connectivity index (χ3n) is 5.61. The molecule has 1 unspecified atom stereocenters. The van der Waals surface area contributed by atoms with Crippen molar-refractivity contribution >= 4 is 22.1 Å². The molecule has 14 nitrogen and oxygen atoms in total. The Kier molecular flexibility index (Phi) is 10.2. The highest BCUT2D eigenvalue weighted by molar-refractivity contribution is 7.90. The van der Waals surface area contributed by atoms with Gasteiger partial charge in [-0.2, -0.15) is 18.3 Å². The van der Waals surface area contributed by atoms with Gasteiger partial charge in [-0.1, -0.05) is 29.8 Å². The van der Waals surface area contributed by atoms with Crippen LogP contribution >= 0.6 is 0 Å². The van der Waals surface area contributed by atoms with Gasteiger partial charge in [-0.3, -0.25) is 9.63 Å². The number of aryl methyl sites for hydroxylation is 1. The smallest absolute Gasteiger partial charge is 0.511 e. The molecule has 1 atom stereocenters. The van der Waals surface area contributed by atoms with Gasteiger partial charge in [0.15, 0.2) is 12.2 Å². The van der Waals surface area contributed by atoms with Gasteiger partial charge < -0.3 is 14.7 Å². The lowest BCUT2D eigenvalue weighted by molar-refractivity contribution is -0.710. The topological polar surface area (TPSA) is 167 Å². The highest BCUT2D eigenvalue weighted by atomic mass is 32.2. The van der Waals surface area contributed by atoms with Gasteiger partial charge in [0.1, 0.15) is 0 Å². The van der Waals surface area contributed by atoms with Crippen LogP contribution in [0.3, 0.4) is 0 Å². The number of hydrogen-bond donors (Lipinski definition) is 1. The molecule has 232 valence electrons.